The predicted octanol–water partition coefficient (Wildman–Crippen LogP) is 3.10. The van der Waals surface area contributed by atoms with Crippen molar-refractivity contribution in [1.29, 1.82) is 0 Å². The van der Waals surface area contributed by atoms with Crippen molar-refractivity contribution in [2.45, 2.75) is 26.8 Å². The van der Waals surface area contributed by atoms with Crippen LogP contribution in [-0.4, -0.2) is 43.1 Å². The quantitative estimate of drug-likeness (QED) is 0.618. The molecule has 24 heavy (non-hydrogen) atoms. The third kappa shape index (κ3) is 5.53. The Balaban J connectivity index is 1.76. The number of aryl methyl sites for hydroxylation is 2. The summed E-state index contributed by atoms with van der Waals surface area (Å²) in [5.41, 5.74) is 1.23. The van der Waals surface area contributed by atoms with Crippen molar-refractivity contribution >= 4 is 17.3 Å². The highest BCUT2D eigenvalue weighted by Crippen LogP contribution is 2.13. The number of nitrogens with zero attached hydrogens (tertiary/aromatic N) is 3. The van der Waals surface area contributed by atoms with E-state index in [4.69, 9.17) is 4.74 Å². The summed E-state index contributed by atoms with van der Waals surface area (Å²) in [5.74, 6) is 1.74. The average Bonchev–Trinajstić information content (AvgIpc) is 3.05. The number of aliphatic imine (C=N–C) groups is 1. The van der Waals surface area contributed by atoms with E-state index in [1.807, 2.05) is 25.4 Å². The van der Waals surface area contributed by atoms with Crippen molar-refractivity contribution in [3.8, 4) is 5.75 Å². The normalized spacial score (nSPS) is 11.4. The number of aromatic nitrogens is 1. The summed E-state index contributed by atoms with van der Waals surface area (Å²) in [6, 6.07) is 8.10. The molecule has 0 aliphatic heterocycles. The Hall–Kier alpha value is -2.08. The number of thiazole rings is 1. The summed E-state index contributed by atoms with van der Waals surface area (Å²) >= 11 is 1.74. The van der Waals surface area contributed by atoms with Crippen molar-refractivity contribution in [2.24, 2.45) is 4.99 Å². The molecular formula is C18H26N4OS. The van der Waals surface area contributed by atoms with Crippen LogP contribution in [0.2, 0.25) is 0 Å². The van der Waals surface area contributed by atoms with E-state index < -0.39 is 0 Å². The van der Waals surface area contributed by atoms with Gasteiger partial charge in [-0.25, -0.2) is 4.98 Å². The lowest BCUT2D eigenvalue weighted by atomic mass is 10.2. The zero-order chi connectivity index (χ0) is 17.4. The van der Waals surface area contributed by atoms with Crippen LogP contribution in [0.4, 0.5) is 0 Å². The number of ether oxygens (including phenoxy) is 1. The van der Waals surface area contributed by atoms with Crippen LogP contribution in [0.25, 0.3) is 0 Å². The Labute approximate surface area is 148 Å². The monoisotopic (exact) mass is 346 g/mol. The first kappa shape index (κ1) is 18.3. The molecule has 0 radical (unpaired) electrons. The predicted molar refractivity (Wildman–Crippen MR) is 101 cm³/mol. The van der Waals surface area contributed by atoms with Gasteiger partial charge in [0.05, 0.1) is 13.1 Å². The van der Waals surface area contributed by atoms with Crippen LogP contribution in [-0.2, 0) is 13.0 Å². The zero-order valence-electron chi connectivity index (χ0n) is 14.9. The van der Waals surface area contributed by atoms with Crippen LogP contribution in [0.1, 0.15) is 22.4 Å². The van der Waals surface area contributed by atoms with E-state index in [1.54, 1.807) is 18.4 Å². The van der Waals surface area contributed by atoms with Gasteiger partial charge in [0.2, 0.25) is 0 Å². The van der Waals surface area contributed by atoms with Gasteiger partial charge in [-0.2, -0.15) is 0 Å². The topological polar surface area (TPSA) is 49.8 Å². The second-order valence-corrected chi connectivity index (χ2v) is 6.76. The molecule has 0 aliphatic carbocycles. The number of rotatable bonds is 7. The first-order chi connectivity index (χ1) is 11.6. The third-order valence-corrected chi connectivity index (χ3v) is 4.78. The second-order valence-electron chi connectivity index (χ2n) is 5.56. The summed E-state index contributed by atoms with van der Waals surface area (Å²) in [7, 11) is 3.80. The van der Waals surface area contributed by atoms with Crippen LogP contribution < -0.4 is 10.1 Å². The van der Waals surface area contributed by atoms with E-state index in [0.717, 1.165) is 29.7 Å². The van der Waals surface area contributed by atoms with Gasteiger partial charge in [0.25, 0.3) is 0 Å². The maximum Gasteiger partial charge on any atom is 0.193 e. The molecule has 0 spiro atoms. The highest BCUT2D eigenvalue weighted by Gasteiger charge is 2.07. The summed E-state index contributed by atoms with van der Waals surface area (Å²) in [6.45, 7) is 6.27. The van der Waals surface area contributed by atoms with E-state index in [-0.39, 0.29) is 0 Å². The molecule has 2 rings (SSSR count). The molecule has 2 aromatic rings. The smallest absolute Gasteiger partial charge is 0.193 e. The van der Waals surface area contributed by atoms with E-state index in [0.29, 0.717) is 13.2 Å². The van der Waals surface area contributed by atoms with Gasteiger partial charge >= 0.3 is 0 Å². The van der Waals surface area contributed by atoms with Gasteiger partial charge in [-0.15, -0.1) is 11.3 Å². The van der Waals surface area contributed by atoms with E-state index in [9.17, 15) is 0 Å². The van der Waals surface area contributed by atoms with Gasteiger partial charge < -0.3 is 15.0 Å². The molecule has 0 saturated carbocycles. The van der Waals surface area contributed by atoms with Crippen LogP contribution in [0.15, 0.2) is 35.5 Å². The van der Waals surface area contributed by atoms with Crippen molar-refractivity contribution in [2.75, 3.05) is 27.2 Å². The summed E-state index contributed by atoms with van der Waals surface area (Å²) in [5, 5.41) is 4.43. The Morgan fingerprint density at radius 1 is 1.33 bits per heavy atom. The maximum absolute atomic E-state index is 5.77. The molecule has 0 bridgehead atoms. The number of nitrogens with one attached hydrogen (secondary N) is 1. The SMILES string of the molecule is CCc1cnc(CNC(=NC)N(C)CCOc2ccc(C)cc2)s1. The van der Waals surface area contributed by atoms with Crippen LogP contribution in [0.5, 0.6) is 5.75 Å². The number of hydrogen-bond acceptors (Lipinski definition) is 4. The molecule has 0 atom stereocenters. The summed E-state index contributed by atoms with van der Waals surface area (Å²) < 4.78 is 5.77. The molecule has 1 aromatic carbocycles. The summed E-state index contributed by atoms with van der Waals surface area (Å²) in [4.78, 5) is 12.1. The molecule has 1 N–H and O–H groups in total. The number of likely N-dealkylation sites (N-methyl/N-ethyl adjacent to an activating group) is 1. The van der Waals surface area contributed by atoms with Crippen molar-refractivity contribution in [3.63, 3.8) is 0 Å². The van der Waals surface area contributed by atoms with Crippen molar-refractivity contribution < 1.29 is 4.74 Å². The van der Waals surface area contributed by atoms with E-state index >= 15 is 0 Å². The average molecular weight is 346 g/mol. The van der Waals surface area contributed by atoms with Gasteiger partial charge in [0.1, 0.15) is 17.4 Å². The fourth-order valence-electron chi connectivity index (χ4n) is 2.17. The fourth-order valence-corrected chi connectivity index (χ4v) is 2.98. The minimum Gasteiger partial charge on any atom is -0.492 e. The van der Waals surface area contributed by atoms with Crippen molar-refractivity contribution in [1.82, 2.24) is 15.2 Å². The van der Waals surface area contributed by atoms with Crippen molar-refractivity contribution in [3.05, 3.63) is 45.9 Å². The highest BCUT2D eigenvalue weighted by atomic mass is 32.1. The Bertz CT molecular complexity index is 651. The van der Waals surface area contributed by atoms with Crippen LogP contribution in [0, 0.1) is 6.92 Å². The Morgan fingerprint density at radius 3 is 2.71 bits per heavy atom. The number of benzene rings is 1. The zero-order valence-corrected chi connectivity index (χ0v) is 15.7. The van der Waals surface area contributed by atoms with Gasteiger partial charge in [-0.05, 0) is 25.5 Å². The lowest BCUT2D eigenvalue weighted by Crippen LogP contribution is -2.40. The van der Waals surface area contributed by atoms with E-state index in [1.165, 1.54) is 10.4 Å². The molecule has 5 nitrogen and oxygen atoms in total. The van der Waals surface area contributed by atoms with E-state index in [2.05, 4.69) is 46.2 Å². The molecule has 1 aromatic heterocycles. The molecular weight excluding hydrogens is 320 g/mol. The lowest BCUT2D eigenvalue weighted by Gasteiger charge is -2.21. The molecule has 6 heteroatoms. The molecule has 0 aliphatic rings. The molecule has 0 fully saturated rings. The Morgan fingerprint density at radius 2 is 2.08 bits per heavy atom. The number of hydrogen-bond donors (Lipinski definition) is 1. The van der Waals surface area contributed by atoms with Gasteiger partial charge in [0, 0.05) is 25.2 Å². The molecule has 0 unspecified atom stereocenters. The number of guanidine groups is 1. The third-order valence-electron chi connectivity index (χ3n) is 3.64. The summed E-state index contributed by atoms with van der Waals surface area (Å²) in [6.07, 6.45) is 2.98. The highest BCUT2D eigenvalue weighted by molar-refractivity contribution is 7.11. The van der Waals surface area contributed by atoms with Gasteiger partial charge in [-0.1, -0.05) is 24.6 Å². The molecule has 130 valence electrons. The second kappa shape index (κ2) is 9.27. The first-order valence-corrected chi connectivity index (χ1v) is 8.99. The Kier molecular flexibility index (Phi) is 7.06. The van der Waals surface area contributed by atoms with Crippen LogP contribution >= 0.6 is 11.3 Å². The maximum atomic E-state index is 5.77. The molecule has 0 amide bonds. The van der Waals surface area contributed by atoms with Gasteiger partial charge in [0.15, 0.2) is 5.96 Å². The first-order valence-electron chi connectivity index (χ1n) is 8.17. The minimum atomic E-state index is 0.609. The standard InChI is InChI=1S/C18H26N4OS/c1-5-16-12-20-17(24-16)13-21-18(19-3)22(4)10-11-23-15-8-6-14(2)7-9-15/h6-9,12H,5,10-11,13H2,1-4H3,(H,19,21). The minimum absolute atomic E-state index is 0.609. The largest absolute Gasteiger partial charge is 0.492 e. The lowest BCUT2D eigenvalue weighted by molar-refractivity contribution is 0.281. The fraction of sp³-hybridized carbons (Fsp3) is 0.444. The molecule has 0 saturated heterocycles. The van der Waals surface area contributed by atoms with Gasteiger partial charge in [-0.3, -0.25) is 4.99 Å². The van der Waals surface area contributed by atoms with Crippen LogP contribution in [0.3, 0.4) is 0 Å². The molecule has 1 heterocycles.